The van der Waals surface area contributed by atoms with Crippen molar-refractivity contribution in [3.63, 3.8) is 0 Å². The van der Waals surface area contributed by atoms with E-state index in [2.05, 4.69) is 41.2 Å². The Kier molecular flexibility index (Phi) is 5.14. The minimum atomic E-state index is 0.528. The van der Waals surface area contributed by atoms with Crippen molar-refractivity contribution in [2.75, 3.05) is 37.5 Å². The minimum absolute atomic E-state index is 0.528. The molecule has 1 unspecified atom stereocenters. The van der Waals surface area contributed by atoms with Crippen molar-refractivity contribution in [3.05, 3.63) is 11.9 Å². The molecular formula is C14H26N6. The topological polar surface area (TPSA) is 70.3 Å². The molecule has 3 N–H and O–H groups in total. The van der Waals surface area contributed by atoms with E-state index >= 15 is 0 Å². The molecule has 0 aromatic carbocycles. The van der Waals surface area contributed by atoms with Crippen LogP contribution in [-0.4, -0.2) is 48.1 Å². The van der Waals surface area contributed by atoms with Gasteiger partial charge in [0.15, 0.2) is 0 Å². The Morgan fingerprint density at radius 3 is 2.90 bits per heavy atom. The first-order valence-electron chi connectivity index (χ1n) is 7.40. The third-order valence-corrected chi connectivity index (χ3v) is 3.63. The van der Waals surface area contributed by atoms with Crippen molar-refractivity contribution < 1.29 is 0 Å². The van der Waals surface area contributed by atoms with Gasteiger partial charge in [0.05, 0.1) is 0 Å². The number of nitrogen functional groups attached to an aromatic ring is 1. The fourth-order valence-corrected chi connectivity index (χ4v) is 2.79. The molecule has 0 spiro atoms. The standard InChI is InChI=1S/C14H26N6/c1-4-6-12-16-13(18-15)9-14(17-12)20-8-5-7-11(20)10-19(2)3/h9,11H,4-8,10,15H2,1-3H3,(H,16,17,18). The predicted octanol–water partition coefficient (Wildman–Crippen LogP) is 1.25. The van der Waals surface area contributed by atoms with Gasteiger partial charge in [0, 0.05) is 31.6 Å². The molecule has 1 aliphatic heterocycles. The molecule has 2 rings (SSSR count). The first-order chi connectivity index (χ1) is 9.63. The normalized spacial score (nSPS) is 18.9. The first-order valence-corrected chi connectivity index (χ1v) is 7.40. The average Bonchev–Trinajstić information content (AvgIpc) is 2.86. The van der Waals surface area contributed by atoms with E-state index in [0.717, 1.165) is 37.6 Å². The van der Waals surface area contributed by atoms with E-state index < -0.39 is 0 Å². The van der Waals surface area contributed by atoms with Gasteiger partial charge in [-0.1, -0.05) is 6.92 Å². The van der Waals surface area contributed by atoms with Crippen molar-refractivity contribution in [2.45, 2.75) is 38.6 Å². The van der Waals surface area contributed by atoms with Crippen molar-refractivity contribution in [1.29, 1.82) is 0 Å². The fourth-order valence-electron chi connectivity index (χ4n) is 2.79. The summed E-state index contributed by atoms with van der Waals surface area (Å²) in [5.41, 5.74) is 2.66. The van der Waals surface area contributed by atoms with Crippen LogP contribution >= 0.6 is 0 Å². The second-order valence-corrected chi connectivity index (χ2v) is 5.67. The van der Waals surface area contributed by atoms with E-state index in [4.69, 9.17) is 10.8 Å². The van der Waals surface area contributed by atoms with E-state index in [1.807, 2.05) is 6.07 Å². The molecule has 1 atom stereocenters. The number of aromatic nitrogens is 2. The highest BCUT2D eigenvalue weighted by Gasteiger charge is 2.26. The lowest BCUT2D eigenvalue weighted by Gasteiger charge is -2.28. The van der Waals surface area contributed by atoms with Crippen LogP contribution in [0, 0.1) is 0 Å². The second-order valence-electron chi connectivity index (χ2n) is 5.67. The van der Waals surface area contributed by atoms with Gasteiger partial charge < -0.3 is 15.2 Å². The quantitative estimate of drug-likeness (QED) is 0.603. The number of likely N-dealkylation sites (N-methyl/N-ethyl adjacent to an activating group) is 1. The fraction of sp³-hybridized carbons (Fsp3) is 0.714. The van der Waals surface area contributed by atoms with Crippen LogP contribution in [0.5, 0.6) is 0 Å². The number of nitrogens with zero attached hydrogens (tertiary/aromatic N) is 4. The Morgan fingerprint density at radius 1 is 1.45 bits per heavy atom. The molecule has 6 heteroatoms. The van der Waals surface area contributed by atoms with Crippen molar-refractivity contribution in [3.8, 4) is 0 Å². The van der Waals surface area contributed by atoms with Gasteiger partial charge in [-0.3, -0.25) is 0 Å². The number of rotatable bonds is 6. The zero-order valence-electron chi connectivity index (χ0n) is 12.8. The molecule has 20 heavy (non-hydrogen) atoms. The molecule has 6 nitrogen and oxygen atoms in total. The Balaban J connectivity index is 2.23. The van der Waals surface area contributed by atoms with Crippen LogP contribution in [0.25, 0.3) is 0 Å². The van der Waals surface area contributed by atoms with Gasteiger partial charge in [0.2, 0.25) is 0 Å². The maximum absolute atomic E-state index is 5.53. The average molecular weight is 278 g/mol. The Hall–Kier alpha value is -1.40. The number of nitrogens with two attached hydrogens (primary N) is 1. The third-order valence-electron chi connectivity index (χ3n) is 3.63. The summed E-state index contributed by atoms with van der Waals surface area (Å²) in [6.07, 6.45) is 4.36. The highest BCUT2D eigenvalue weighted by atomic mass is 15.3. The molecule has 1 aromatic rings. The van der Waals surface area contributed by atoms with Crippen LogP contribution in [0.2, 0.25) is 0 Å². The lowest BCUT2D eigenvalue weighted by molar-refractivity contribution is 0.371. The van der Waals surface area contributed by atoms with Crippen LogP contribution in [0.4, 0.5) is 11.6 Å². The van der Waals surface area contributed by atoms with E-state index in [-0.39, 0.29) is 0 Å². The first kappa shape index (κ1) is 15.0. The highest BCUT2D eigenvalue weighted by molar-refractivity contribution is 5.50. The number of aryl methyl sites for hydroxylation is 1. The summed E-state index contributed by atoms with van der Waals surface area (Å²) in [4.78, 5) is 13.8. The molecule has 112 valence electrons. The molecule has 0 saturated carbocycles. The van der Waals surface area contributed by atoms with Crippen LogP contribution < -0.4 is 16.2 Å². The molecule has 1 saturated heterocycles. The summed E-state index contributed by atoms with van der Waals surface area (Å²) in [5.74, 6) is 8.10. The van der Waals surface area contributed by atoms with Crippen LogP contribution in [0.1, 0.15) is 32.0 Å². The monoisotopic (exact) mass is 278 g/mol. The lowest BCUT2D eigenvalue weighted by atomic mass is 10.2. The van der Waals surface area contributed by atoms with E-state index in [1.54, 1.807) is 0 Å². The molecule has 0 aliphatic carbocycles. The molecule has 0 amide bonds. The number of hydrazine groups is 1. The molecule has 1 aromatic heterocycles. The molecule has 2 heterocycles. The van der Waals surface area contributed by atoms with Gasteiger partial charge in [-0.25, -0.2) is 15.8 Å². The molecular weight excluding hydrogens is 252 g/mol. The smallest absolute Gasteiger partial charge is 0.145 e. The Labute approximate surface area is 121 Å². The molecule has 1 fully saturated rings. The largest absolute Gasteiger partial charge is 0.352 e. The summed E-state index contributed by atoms with van der Waals surface area (Å²) in [7, 11) is 4.23. The van der Waals surface area contributed by atoms with E-state index in [1.165, 1.54) is 12.8 Å². The number of hydrogen-bond acceptors (Lipinski definition) is 6. The molecule has 0 bridgehead atoms. The second kappa shape index (κ2) is 6.85. The molecule has 0 radical (unpaired) electrons. The van der Waals surface area contributed by atoms with Crippen molar-refractivity contribution in [2.24, 2.45) is 5.84 Å². The van der Waals surface area contributed by atoms with Gasteiger partial charge in [0.1, 0.15) is 17.5 Å². The zero-order valence-corrected chi connectivity index (χ0v) is 12.8. The van der Waals surface area contributed by atoms with Crippen LogP contribution in [0.15, 0.2) is 6.07 Å². The summed E-state index contributed by atoms with van der Waals surface area (Å²) in [6.45, 7) is 4.25. The summed E-state index contributed by atoms with van der Waals surface area (Å²) >= 11 is 0. The zero-order chi connectivity index (χ0) is 14.5. The van der Waals surface area contributed by atoms with Gasteiger partial charge >= 0.3 is 0 Å². The molecule has 1 aliphatic rings. The highest BCUT2D eigenvalue weighted by Crippen LogP contribution is 2.26. The van der Waals surface area contributed by atoms with Gasteiger partial charge in [-0.05, 0) is 33.4 Å². The van der Waals surface area contributed by atoms with Gasteiger partial charge in [-0.2, -0.15) is 0 Å². The summed E-state index contributed by atoms with van der Waals surface area (Å²) < 4.78 is 0. The summed E-state index contributed by atoms with van der Waals surface area (Å²) in [5, 5.41) is 0. The SMILES string of the molecule is CCCc1nc(NN)cc(N2CCCC2CN(C)C)n1. The van der Waals surface area contributed by atoms with Gasteiger partial charge in [0.25, 0.3) is 0 Å². The van der Waals surface area contributed by atoms with Crippen molar-refractivity contribution >= 4 is 11.6 Å². The number of hydrogen-bond donors (Lipinski definition) is 2. The van der Waals surface area contributed by atoms with Crippen LogP contribution in [0.3, 0.4) is 0 Å². The number of anilines is 2. The van der Waals surface area contributed by atoms with E-state index in [0.29, 0.717) is 11.9 Å². The lowest BCUT2D eigenvalue weighted by Crippen LogP contribution is -2.38. The number of nitrogens with one attached hydrogen (secondary N) is 1. The van der Waals surface area contributed by atoms with Gasteiger partial charge in [-0.15, -0.1) is 0 Å². The third kappa shape index (κ3) is 3.58. The summed E-state index contributed by atoms with van der Waals surface area (Å²) in [6, 6.07) is 2.48. The maximum Gasteiger partial charge on any atom is 0.145 e. The maximum atomic E-state index is 5.53. The Bertz CT molecular complexity index is 434. The predicted molar refractivity (Wildman–Crippen MR) is 82.8 cm³/mol. The van der Waals surface area contributed by atoms with E-state index in [9.17, 15) is 0 Å². The Morgan fingerprint density at radius 2 is 2.25 bits per heavy atom. The van der Waals surface area contributed by atoms with Crippen LogP contribution in [-0.2, 0) is 6.42 Å². The van der Waals surface area contributed by atoms with Crippen molar-refractivity contribution in [1.82, 2.24) is 14.9 Å². The minimum Gasteiger partial charge on any atom is -0.352 e.